The van der Waals surface area contributed by atoms with Crippen molar-refractivity contribution in [1.82, 2.24) is 9.78 Å². The molecule has 0 aromatic carbocycles. The molecule has 0 aliphatic heterocycles. The standard InChI is InChI=1S/C13H21BrN2O2/c1-18-8-7-16-12(11(14)9-15-16)13(17)10-5-3-2-4-6-10/h9-10,13,17H,2-8H2,1H3. The first-order chi connectivity index (χ1) is 8.74. The maximum absolute atomic E-state index is 10.6. The quantitative estimate of drug-likeness (QED) is 0.908. The summed E-state index contributed by atoms with van der Waals surface area (Å²) in [6, 6.07) is 0. The number of methoxy groups -OCH3 is 1. The molecule has 1 atom stereocenters. The summed E-state index contributed by atoms with van der Waals surface area (Å²) >= 11 is 3.49. The van der Waals surface area contributed by atoms with Crippen LogP contribution in [0.5, 0.6) is 0 Å². The normalized spacial score (nSPS) is 19.1. The first-order valence-corrected chi connectivity index (χ1v) is 7.41. The third kappa shape index (κ3) is 3.13. The van der Waals surface area contributed by atoms with E-state index < -0.39 is 6.10 Å². The molecule has 1 unspecified atom stereocenters. The fourth-order valence-electron chi connectivity index (χ4n) is 2.70. The van der Waals surface area contributed by atoms with Crippen molar-refractivity contribution >= 4 is 15.9 Å². The second-order valence-corrected chi connectivity index (χ2v) is 5.79. The minimum absolute atomic E-state index is 0.369. The van der Waals surface area contributed by atoms with Gasteiger partial charge in [0.25, 0.3) is 0 Å². The van der Waals surface area contributed by atoms with E-state index in [1.165, 1.54) is 19.3 Å². The number of aliphatic hydroxyl groups excluding tert-OH is 1. The Hall–Kier alpha value is -0.390. The van der Waals surface area contributed by atoms with Crippen LogP contribution in [0, 0.1) is 5.92 Å². The van der Waals surface area contributed by atoms with Crippen molar-refractivity contribution in [2.75, 3.05) is 13.7 Å². The van der Waals surface area contributed by atoms with Crippen molar-refractivity contribution in [3.05, 3.63) is 16.4 Å². The lowest BCUT2D eigenvalue weighted by atomic mass is 9.84. The monoisotopic (exact) mass is 316 g/mol. The SMILES string of the molecule is COCCn1ncc(Br)c1C(O)C1CCCCC1. The summed E-state index contributed by atoms with van der Waals surface area (Å²) < 4.78 is 7.83. The van der Waals surface area contributed by atoms with Crippen molar-refractivity contribution in [2.45, 2.75) is 44.8 Å². The minimum atomic E-state index is -0.418. The summed E-state index contributed by atoms with van der Waals surface area (Å²) in [5.74, 6) is 0.369. The fraction of sp³-hybridized carbons (Fsp3) is 0.769. The number of halogens is 1. The van der Waals surface area contributed by atoms with Crippen LogP contribution in [0.25, 0.3) is 0 Å². The molecule has 1 fully saturated rings. The van der Waals surface area contributed by atoms with Gasteiger partial charge in [-0.25, -0.2) is 0 Å². The molecule has 1 N–H and O–H groups in total. The summed E-state index contributed by atoms with van der Waals surface area (Å²) in [4.78, 5) is 0. The highest BCUT2D eigenvalue weighted by atomic mass is 79.9. The fourth-order valence-corrected chi connectivity index (χ4v) is 3.23. The molecule has 1 saturated carbocycles. The van der Waals surface area contributed by atoms with Gasteiger partial charge in [-0.15, -0.1) is 0 Å². The summed E-state index contributed by atoms with van der Waals surface area (Å²) in [6.45, 7) is 1.29. The van der Waals surface area contributed by atoms with Crippen LogP contribution in [-0.2, 0) is 11.3 Å². The van der Waals surface area contributed by atoms with Gasteiger partial charge < -0.3 is 9.84 Å². The van der Waals surface area contributed by atoms with Crippen LogP contribution < -0.4 is 0 Å². The molecule has 0 radical (unpaired) electrons. The van der Waals surface area contributed by atoms with E-state index in [4.69, 9.17) is 4.74 Å². The Morgan fingerprint density at radius 2 is 2.22 bits per heavy atom. The summed E-state index contributed by atoms with van der Waals surface area (Å²) in [6.07, 6.45) is 7.33. The van der Waals surface area contributed by atoms with Gasteiger partial charge in [0.1, 0.15) is 0 Å². The van der Waals surface area contributed by atoms with Crippen LogP contribution in [0.3, 0.4) is 0 Å². The van der Waals surface area contributed by atoms with E-state index in [2.05, 4.69) is 21.0 Å². The molecule has 4 nitrogen and oxygen atoms in total. The molecule has 1 aliphatic rings. The van der Waals surface area contributed by atoms with E-state index in [1.807, 2.05) is 4.68 Å². The first kappa shape index (κ1) is 14.0. The van der Waals surface area contributed by atoms with E-state index in [0.29, 0.717) is 19.1 Å². The average molecular weight is 317 g/mol. The van der Waals surface area contributed by atoms with Crippen molar-refractivity contribution < 1.29 is 9.84 Å². The van der Waals surface area contributed by atoms with Crippen molar-refractivity contribution in [1.29, 1.82) is 0 Å². The van der Waals surface area contributed by atoms with Crippen LogP contribution in [0.4, 0.5) is 0 Å². The van der Waals surface area contributed by atoms with E-state index in [9.17, 15) is 5.11 Å². The summed E-state index contributed by atoms with van der Waals surface area (Å²) in [7, 11) is 1.68. The molecule has 5 heteroatoms. The lowest BCUT2D eigenvalue weighted by molar-refractivity contribution is 0.0740. The minimum Gasteiger partial charge on any atom is -0.386 e. The molecule has 1 aromatic heterocycles. The largest absolute Gasteiger partial charge is 0.386 e. The van der Waals surface area contributed by atoms with Gasteiger partial charge in [-0.3, -0.25) is 4.68 Å². The summed E-state index contributed by atoms with van der Waals surface area (Å²) in [5.41, 5.74) is 0.902. The van der Waals surface area contributed by atoms with E-state index in [1.54, 1.807) is 13.3 Å². The predicted octanol–water partition coefficient (Wildman–Crippen LogP) is 2.91. The second-order valence-electron chi connectivity index (χ2n) is 4.94. The van der Waals surface area contributed by atoms with E-state index in [-0.39, 0.29) is 0 Å². The third-order valence-electron chi connectivity index (χ3n) is 3.72. The molecule has 0 spiro atoms. The molecule has 1 aliphatic carbocycles. The average Bonchev–Trinajstić information content (AvgIpc) is 2.77. The van der Waals surface area contributed by atoms with Crippen LogP contribution in [-0.4, -0.2) is 28.6 Å². The van der Waals surface area contributed by atoms with Crippen LogP contribution >= 0.6 is 15.9 Å². The zero-order chi connectivity index (χ0) is 13.0. The maximum Gasteiger partial charge on any atom is 0.0996 e. The Morgan fingerprint density at radius 3 is 2.89 bits per heavy atom. The number of nitrogens with zero attached hydrogens (tertiary/aromatic N) is 2. The lowest BCUT2D eigenvalue weighted by Gasteiger charge is -2.27. The van der Waals surface area contributed by atoms with Gasteiger partial charge >= 0.3 is 0 Å². The molecule has 1 aromatic rings. The number of rotatable bonds is 5. The van der Waals surface area contributed by atoms with Crippen LogP contribution in [0.15, 0.2) is 10.7 Å². The first-order valence-electron chi connectivity index (χ1n) is 6.62. The van der Waals surface area contributed by atoms with E-state index in [0.717, 1.165) is 23.0 Å². The van der Waals surface area contributed by atoms with E-state index >= 15 is 0 Å². The van der Waals surface area contributed by atoms with Crippen molar-refractivity contribution in [3.8, 4) is 0 Å². The molecule has 0 amide bonds. The van der Waals surface area contributed by atoms with Crippen molar-refractivity contribution in [3.63, 3.8) is 0 Å². The molecule has 0 bridgehead atoms. The highest BCUT2D eigenvalue weighted by Gasteiger charge is 2.27. The van der Waals surface area contributed by atoms with Gasteiger partial charge in [-0.2, -0.15) is 5.10 Å². The summed E-state index contributed by atoms with van der Waals surface area (Å²) in [5, 5.41) is 14.9. The van der Waals surface area contributed by atoms with Gasteiger partial charge in [-0.05, 0) is 34.7 Å². The number of hydrogen-bond acceptors (Lipinski definition) is 3. The molecule has 18 heavy (non-hydrogen) atoms. The topological polar surface area (TPSA) is 47.3 Å². The van der Waals surface area contributed by atoms with Gasteiger partial charge in [0.2, 0.25) is 0 Å². The number of ether oxygens (including phenoxy) is 1. The maximum atomic E-state index is 10.6. The Bertz CT molecular complexity index is 375. The smallest absolute Gasteiger partial charge is 0.0996 e. The Morgan fingerprint density at radius 1 is 1.50 bits per heavy atom. The van der Waals surface area contributed by atoms with Gasteiger partial charge in [-0.1, -0.05) is 19.3 Å². The van der Waals surface area contributed by atoms with Crippen LogP contribution in [0.2, 0.25) is 0 Å². The number of hydrogen-bond donors (Lipinski definition) is 1. The highest BCUT2D eigenvalue weighted by Crippen LogP contribution is 2.36. The lowest BCUT2D eigenvalue weighted by Crippen LogP contribution is -2.20. The Kier molecular flexibility index (Phi) is 5.21. The molecule has 2 rings (SSSR count). The predicted molar refractivity (Wildman–Crippen MR) is 73.3 cm³/mol. The molecule has 0 saturated heterocycles. The molecular formula is C13H21BrN2O2. The van der Waals surface area contributed by atoms with Crippen LogP contribution in [0.1, 0.15) is 43.9 Å². The number of aromatic nitrogens is 2. The zero-order valence-electron chi connectivity index (χ0n) is 10.8. The second kappa shape index (κ2) is 6.68. The number of aliphatic hydroxyl groups is 1. The van der Waals surface area contributed by atoms with Gasteiger partial charge in [0.05, 0.1) is 35.6 Å². The molecule has 1 heterocycles. The Balaban J connectivity index is 2.12. The van der Waals surface area contributed by atoms with Gasteiger partial charge in [0, 0.05) is 7.11 Å². The molecular weight excluding hydrogens is 296 g/mol. The zero-order valence-corrected chi connectivity index (χ0v) is 12.4. The third-order valence-corrected chi connectivity index (χ3v) is 4.33. The van der Waals surface area contributed by atoms with Crippen molar-refractivity contribution in [2.24, 2.45) is 5.92 Å². The highest BCUT2D eigenvalue weighted by molar-refractivity contribution is 9.10. The molecule has 102 valence electrons. The van der Waals surface area contributed by atoms with Gasteiger partial charge in [0.15, 0.2) is 0 Å². The Labute approximate surface area is 116 Å².